The van der Waals surface area contributed by atoms with E-state index in [1.54, 1.807) is 24.3 Å². The van der Waals surface area contributed by atoms with E-state index in [9.17, 15) is 8.42 Å². The molecule has 2 N–H and O–H groups in total. The molecule has 0 radical (unpaired) electrons. The van der Waals surface area contributed by atoms with Gasteiger partial charge in [0.25, 0.3) is 0 Å². The van der Waals surface area contributed by atoms with E-state index in [0.717, 1.165) is 4.47 Å². The Hall–Kier alpha value is -0.430. The molecule has 1 rings (SSSR count). The standard InChI is InChI=1S/C11H16BrNO3S/c1-2-11(7-14)13-17(15,16)8-9-3-5-10(12)6-4-9/h3-6,11,13-14H,2,7-8H2,1H3. The second-order valence-corrected chi connectivity index (χ2v) is 6.46. The van der Waals surface area contributed by atoms with Crippen molar-refractivity contribution in [3.63, 3.8) is 0 Å². The Morgan fingerprint density at radius 2 is 1.94 bits per heavy atom. The number of aliphatic hydroxyl groups excluding tert-OH is 1. The quantitative estimate of drug-likeness (QED) is 0.837. The predicted octanol–water partition coefficient (Wildman–Crippen LogP) is 1.64. The van der Waals surface area contributed by atoms with E-state index in [2.05, 4.69) is 20.7 Å². The molecule has 0 bridgehead atoms. The summed E-state index contributed by atoms with van der Waals surface area (Å²) < 4.78 is 26.9. The van der Waals surface area contributed by atoms with Crippen molar-refractivity contribution in [2.45, 2.75) is 25.1 Å². The van der Waals surface area contributed by atoms with Gasteiger partial charge >= 0.3 is 0 Å². The second-order valence-electron chi connectivity index (χ2n) is 3.79. The summed E-state index contributed by atoms with van der Waals surface area (Å²) in [6, 6.07) is 6.70. The van der Waals surface area contributed by atoms with Crippen molar-refractivity contribution < 1.29 is 13.5 Å². The average molecular weight is 322 g/mol. The summed E-state index contributed by atoms with van der Waals surface area (Å²) in [6.45, 7) is 1.64. The normalized spacial score (nSPS) is 13.6. The summed E-state index contributed by atoms with van der Waals surface area (Å²) in [4.78, 5) is 0. The molecule has 1 aromatic rings. The molecule has 6 heteroatoms. The summed E-state index contributed by atoms with van der Waals surface area (Å²) in [5, 5.41) is 8.96. The van der Waals surface area contributed by atoms with Crippen molar-refractivity contribution in [2.75, 3.05) is 6.61 Å². The van der Waals surface area contributed by atoms with E-state index in [1.165, 1.54) is 0 Å². The van der Waals surface area contributed by atoms with E-state index in [0.29, 0.717) is 12.0 Å². The molecule has 0 saturated carbocycles. The van der Waals surface area contributed by atoms with Crippen molar-refractivity contribution in [3.05, 3.63) is 34.3 Å². The lowest BCUT2D eigenvalue weighted by atomic mass is 10.2. The molecule has 0 fully saturated rings. The highest BCUT2D eigenvalue weighted by Gasteiger charge is 2.16. The molecule has 0 saturated heterocycles. The Bertz CT molecular complexity index is 440. The van der Waals surface area contributed by atoms with Crippen LogP contribution in [0, 0.1) is 0 Å². The zero-order chi connectivity index (χ0) is 12.9. The minimum atomic E-state index is -3.40. The average Bonchev–Trinajstić information content (AvgIpc) is 2.29. The van der Waals surface area contributed by atoms with Crippen LogP contribution in [0.4, 0.5) is 0 Å². The molecule has 0 aliphatic carbocycles. The van der Waals surface area contributed by atoms with Crippen molar-refractivity contribution >= 4 is 26.0 Å². The van der Waals surface area contributed by atoms with E-state index in [1.807, 2.05) is 6.92 Å². The van der Waals surface area contributed by atoms with Crippen LogP contribution in [0.25, 0.3) is 0 Å². The third kappa shape index (κ3) is 5.16. The summed E-state index contributed by atoms with van der Waals surface area (Å²) in [6.07, 6.45) is 0.566. The van der Waals surface area contributed by atoms with Gasteiger partial charge in [0.15, 0.2) is 0 Å². The molecule has 1 aromatic carbocycles. The predicted molar refractivity (Wildman–Crippen MR) is 71.1 cm³/mol. The minimum absolute atomic E-state index is 0.0726. The molecular formula is C11H16BrNO3S. The molecule has 1 atom stereocenters. The van der Waals surface area contributed by atoms with E-state index < -0.39 is 16.1 Å². The van der Waals surface area contributed by atoms with Gasteiger partial charge < -0.3 is 5.11 Å². The van der Waals surface area contributed by atoms with Gasteiger partial charge in [-0.05, 0) is 24.1 Å². The van der Waals surface area contributed by atoms with Crippen LogP contribution >= 0.6 is 15.9 Å². The molecule has 17 heavy (non-hydrogen) atoms. The lowest BCUT2D eigenvalue weighted by molar-refractivity contribution is 0.254. The Kier molecular flexibility index (Phi) is 5.58. The monoisotopic (exact) mass is 321 g/mol. The fraction of sp³-hybridized carbons (Fsp3) is 0.455. The second kappa shape index (κ2) is 6.49. The highest BCUT2D eigenvalue weighted by molar-refractivity contribution is 9.10. The SMILES string of the molecule is CCC(CO)NS(=O)(=O)Cc1ccc(Br)cc1. The molecule has 96 valence electrons. The van der Waals surface area contributed by atoms with Crippen molar-refractivity contribution in [3.8, 4) is 0 Å². The van der Waals surface area contributed by atoms with E-state index in [-0.39, 0.29) is 12.4 Å². The fourth-order valence-electron chi connectivity index (χ4n) is 1.35. The van der Waals surface area contributed by atoms with Gasteiger partial charge in [0, 0.05) is 10.5 Å². The number of hydrogen-bond acceptors (Lipinski definition) is 3. The highest BCUT2D eigenvalue weighted by Crippen LogP contribution is 2.12. The maximum Gasteiger partial charge on any atom is 0.216 e. The van der Waals surface area contributed by atoms with Gasteiger partial charge in [-0.25, -0.2) is 13.1 Å². The molecule has 0 aliphatic heterocycles. The van der Waals surface area contributed by atoms with Gasteiger partial charge in [-0.15, -0.1) is 0 Å². The molecular weight excluding hydrogens is 306 g/mol. The summed E-state index contributed by atoms with van der Waals surface area (Å²) in [7, 11) is -3.40. The number of hydrogen-bond donors (Lipinski definition) is 2. The number of rotatable bonds is 6. The summed E-state index contributed by atoms with van der Waals surface area (Å²) in [5.41, 5.74) is 0.716. The number of halogens is 1. The smallest absolute Gasteiger partial charge is 0.216 e. The van der Waals surface area contributed by atoms with Crippen LogP contribution in [0.3, 0.4) is 0 Å². The van der Waals surface area contributed by atoms with Crippen LogP contribution in [0.2, 0.25) is 0 Å². The topological polar surface area (TPSA) is 66.4 Å². The zero-order valence-electron chi connectivity index (χ0n) is 9.56. The first-order valence-electron chi connectivity index (χ1n) is 5.32. The molecule has 0 amide bonds. The number of benzene rings is 1. The van der Waals surface area contributed by atoms with Crippen LogP contribution in [0.15, 0.2) is 28.7 Å². The third-order valence-corrected chi connectivity index (χ3v) is 4.26. The van der Waals surface area contributed by atoms with Gasteiger partial charge in [-0.1, -0.05) is 35.0 Å². The van der Waals surface area contributed by atoms with Gasteiger partial charge in [-0.2, -0.15) is 0 Å². The Balaban J connectivity index is 2.69. The van der Waals surface area contributed by atoms with Crippen molar-refractivity contribution in [1.82, 2.24) is 4.72 Å². The van der Waals surface area contributed by atoms with Crippen LogP contribution in [-0.2, 0) is 15.8 Å². The number of sulfonamides is 1. The Morgan fingerprint density at radius 3 is 2.41 bits per heavy atom. The molecule has 0 heterocycles. The summed E-state index contributed by atoms with van der Waals surface area (Å²) in [5.74, 6) is -0.0726. The van der Waals surface area contributed by atoms with Crippen molar-refractivity contribution in [1.29, 1.82) is 0 Å². The fourth-order valence-corrected chi connectivity index (χ4v) is 3.07. The maximum atomic E-state index is 11.8. The van der Waals surface area contributed by atoms with Gasteiger partial charge in [-0.3, -0.25) is 0 Å². The molecule has 0 aliphatic rings. The van der Waals surface area contributed by atoms with Crippen molar-refractivity contribution in [2.24, 2.45) is 0 Å². The minimum Gasteiger partial charge on any atom is -0.395 e. The Morgan fingerprint density at radius 1 is 1.35 bits per heavy atom. The largest absolute Gasteiger partial charge is 0.395 e. The summed E-state index contributed by atoms with van der Waals surface area (Å²) >= 11 is 3.29. The molecule has 1 unspecified atom stereocenters. The first-order valence-corrected chi connectivity index (χ1v) is 7.76. The van der Waals surface area contributed by atoms with Gasteiger partial charge in [0.05, 0.1) is 12.4 Å². The zero-order valence-corrected chi connectivity index (χ0v) is 12.0. The highest BCUT2D eigenvalue weighted by atomic mass is 79.9. The van der Waals surface area contributed by atoms with Crippen LogP contribution in [0.1, 0.15) is 18.9 Å². The molecule has 0 aromatic heterocycles. The number of aliphatic hydroxyl groups is 1. The third-order valence-electron chi connectivity index (χ3n) is 2.33. The lowest BCUT2D eigenvalue weighted by Crippen LogP contribution is -2.37. The Labute approximate surface area is 110 Å². The van der Waals surface area contributed by atoms with E-state index in [4.69, 9.17) is 5.11 Å². The van der Waals surface area contributed by atoms with Gasteiger partial charge in [0.2, 0.25) is 10.0 Å². The van der Waals surface area contributed by atoms with Crippen LogP contribution < -0.4 is 4.72 Å². The van der Waals surface area contributed by atoms with E-state index >= 15 is 0 Å². The first-order chi connectivity index (χ1) is 7.96. The van der Waals surface area contributed by atoms with Crippen LogP contribution in [-0.4, -0.2) is 26.2 Å². The molecule has 0 spiro atoms. The molecule has 4 nitrogen and oxygen atoms in total. The lowest BCUT2D eigenvalue weighted by Gasteiger charge is -2.14. The maximum absolute atomic E-state index is 11.8. The first kappa shape index (κ1) is 14.6. The number of nitrogens with one attached hydrogen (secondary N) is 1. The van der Waals surface area contributed by atoms with Gasteiger partial charge in [0.1, 0.15) is 0 Å². The van der Waals surface area contributed by atoms with Crippen LogP contribution in [0.5, 0.6) is 0 Å².